The molecule has 0 saturated heterocycles. The molecule has 0 aliphatic heterocycles. The zero-order valence-electron chi connectivity index (χ0n) is 13.3. The summed E-state index contributed by atoms with van der Waals surface area (Å²) in [5, 5.41) is 2.98. The quantitative estimate of drug-likeness (QED) is 0.586. The predicted octanol–water partition coefficient (Wildman–Crippen LogP) is 4.55. The molecule has 3 heterocycles. The molecule has 0 spiro atoms. The second-order valence-electron chi connectivity index (χ2n) is 5.54. The lowest BCUT2D eigenvalue weighted by Gasteiger charge is -2.09. The number of hydrogen-bond donors (Lipinski definition) is 1. The van der Waals surface area contributed by atoms with E-state index < -0.39 is 11.7 Å². The van der Waals surface area contributed by atoms with Crippen LogP contribution in [0.15, 0.2) is 67.1 Å². The van der Waals surface area contributed by atoms with Crippen molar-refractivity contribution in [2.75, 3.05) is 5.32 Å². The summed E-state index contributed by atoms with van der Waals surface area (Å²) in [7, 11) is 0. The number of alkyl halides is 3. The highest BCUT2D eigenvalue weighted by atomic mass is 19.4. The van der Waals surface area contributed by atoms with Crippen molar-refractivity contribution >= 4 is 17.2 Å². The Morgan fingerprint density at radius 3 is 2.50 bits per heavy atom. The van der Waals surface area contributed by atoms with Crippen LogP contribution in [0.25, 0.3) is 17.2 Å². The molecular formula is C18H12F3N5. The van der Waals surface area contributed by atoms with Crippen molar-refractivity contribution in [1.82, 2.24) is 19.4 Å². The van der Waals surface area contributed by atoms with Gasteiger partial charge in [0.25, 0.3) is 0 Å². The van der Waals surface area contributed by atoms with E-state index in [0.717, 1.165) is 23.5 Å². The normalized spacial score (nSPS) is 11.7. The smallest absolute Gasteiger partial charge is 0.340 e. The van der Waals surface area contributed by atoms with Crippen molar-refractivity contribution in [3.05, 3.63) is 72.7 Å². The Balaban J connectivity index is 1.62. The Morgan fingerprint density at radius 2 is 1.73 bits per heavy atom. The maximum atomic E-state index is 12.6. The zero-order valence-corrected chi connectivity index (χ0v) is 13.3. The molecule has 130 valence electrons. The number of rotatable bonds is 3. The van der Waals surface area contributed by atoms with Crippen LogP contribution in [0.4, 0.5) is 24.7 Å². The first-order chi connectivity index (χ1) is 12.5. The van der Waals surface area contributed by atoms with Crippen LogP contribution >= 0.6 is 0 Å². The molecule has 1 N–H and O–H groups in total. The third-order valence-electron chi connectivity index (χ3n) is 3.79. The highest BCUT2D eigenvalue weighted by Gasteiger charge is 2.29. The molecule has 0 fully saturated rings. The molecule has 1 aromatic carbocycles. The average Bonchev–Trinajstić information content (AvgIpc) is 3.06. The highest BCUT2D eigenvalue weighted by molar-refractivity contribution is 5.61. The van der Waals surface area contributed by atoms with Gasteiger partial charge in [-0.2, -0.15) is 13.2 Å². The molecule has 0 bridgehead atoms. The number of nitrogens with zero attached hydrogens (tertiary/aromatic N) is 4. The number of nitrogens with one attached hydrogen (secondary N) is 1. The van der Waals surface area contributed by atoms with E-state index in [1.165, 1.54) is 12.1 Å². The first kappa shape index (κ1) is 16.1. The molecular weight excluding hydrogens is 343 g/mol. The number of imidazole rings is 1. The fourth-order valence-electron chi connectivity index (χ4n) is 2.54. The lowest BCUT2D eigenvalue weighted by atomic mass is 10.2. The number of aromatic nitrogens is 4. The molecule has 4 rings (SSSR count). The Morgan fingerprint density at radius 1 is 0.923 bits per heavy atom. The minimum atomic E-state index is -4.36. The van der Waals surface area contributed by atoms with E-state index in [4.69, 9.17) is 0 Å². The van der Waals surface area contributed by atoms with Crippen LogP contribution in [0.1, 0.15) is 5.56 Å². The van der Waals surface area contributed by atoms with Crippen molar-refractivity contribution in [2.45, 2.75) is 6.18 Å². The van der Waals surface area contributed by atoms with Crippen LogP contribution in [0.2, 0.25) is 0 Å². The fourth-order valence-corrected chi connectivity index (χ4v) is 2.54. The van der Waals surface area contributed by atoms with Crippen LogP contribution in [-0.2, 0) is 6.18 Å². The van der Waals surface area contributed by atoms with Gasteiger partial charge in [-0.05, 0) is 42.5 Å². The van der Waals surface area contributed by atoms with Gasteiger partial charge < -0.3 is 5.32 Å². The molecule has 0 atom stereocenters. The predicted molar refractivity (Wildman–Crippen MR) is 90.9 cm³/mol. The SMILES string of the molecule is FC(F)(F)c1ccc(Nc2ccnc(-c3cnc4ccccn34)n2)cc1. The Bertz CT molecular complexity index is 1050. The summed E-state index contributed by atoms with van der Waals surface area (Å²) in [6.07, 6.45) is 0.754. The second kappa shape index (κ2) is 6.14. The summed E-state index contributed by atoms with van der Waals surface area (Å²) >= 11 is 0. The van der Waals surface area contributed by atoms with Gasteiger partial charge in [0.05, 0.1) is 11.8 Å². The average molecular weight is 355 g/mol. The molecule has 0 saturated carbocycles. The van der Waals surface area contributed by atoms with E-state index >= 15 is 0 Å². The number of halogens is 3. The van der Waals surface area contributed by atoms with Gasteiger partial charge in [0.1, 0.15) is 17.2 Å². The summed E-state index contributed by atoms with van der Waals surface area (Å²) in [5.74, 6) is 0.932. The third-order valence-corrected chi connectivity index (χ3v) is 3.79. The van der Waals surface area contributed by atoms with E-state index in [0.29, 0.717) is 17.3 Å². The fraction of sp³-hybridized carbons (Fsp3) is 0.0556. The Labute approximate surface area is 146 Å². The van der Waals surface area contributed by atoms with Gasteiger partial charge in [-0.25, -0.2) is 15.0 Å². The minimum absolute atomic E-state index is 0.459. The van der Waals surface area contributed by atoms with Gasteiger partial charge in [0.15, 0.2) is 5.82 Å². The maximum absolute atomic E-state index is 12.6. The number of hydrogen-bond acceptors (Lipinski definition) is 4. The molecule has 4 aromatic rings. The molecule has 0 radical (unpaired) electrons. The van der Waals surface area contributed by atoms with Crippen molar-refractivity contribution in [1.29, 1.82) is 0 Å². The standard InChI is InChI=1S/C18H12F3N5/c19-18(20,21)12-4-6-13(7-5-12)24-15-8-9-22-17(25-15)14-11-23-16-3-1-2-10-26(14)16/h1-11H,(H,22,24,25). The van der Waals surface area contributed by atoms with E-state index in [1.807, 2.05) is 28.8 Å². The minimum Gasteiger partial charge on any atom is -0.340 e. The Hall–Kier alpha value is -3.42. The van der Waals surface area contributed by atoms with Crippen LogP contribution in [-0.4, -0.2) is 19.4 Å². The molecule has 0 unspecified atom stereocenters. The first-order valence-corrected chi connectivity index (χ1v) is 7.70. The maximum Gasteiger partial charge on any atom is 0.416 e. The van der Waals surface area contributed by atoms with E-state index in [1.54, 1.807) is 18.5 Å². The van der Waals surface area contributed by atoms with Crippen molar-refractivity contribution in [3.8, 4) is 11.5 Å². The lowest BCUT2D eigenvalue weighted by molar-refractivity contribution is -0.137. The zero-order chi connectivity index (χ0) is 18.1. The van der Waals surface area contributed by atoms with Crippen LogP contribution in [0.3, 0.4) is 0 Å². The summed E-state index contributed by atoms with van der Waals surface area (Å²) in [5.41, 5.74) is 1.29. The lowest BCUT2D eigenvalue weighted by Crippen LogP contribution is -2.04. The summed E-state index contributed by atoms with van der Waals surface area (Å²) in [6.45, 7) is 0. The van der Waals surface area contributed by atoms with Gasteiger partial charge in [-0.1, -0.05) is 6.07 Å². The number of benzene rings is 1. The monoisotopic (exact) mass is 355 g/mol. The third kappa shape index (κ3) is 3.08. The molecule has 26 heavy (non-hydrogen) atoms. The van der Waals surface area contributed by atoms with Crippen LogP contribution < -0.4 is 5.32 Å². The van der Waals surface area contributed by atoms with Gasteiger partial charge >= 0.3 is 6.18 Å². The first-order valence-electron chi connectivity index (χ1n) is 7.70. The summed E-state index contributed by atoms with van der Waals surface area (Å²) in [6, 6.07) is 12.0. The van der Waals surface area contributed by atoms with Gasteiger partial charge in [0, 0.05) is 18.1 Å². The molecule has 8 heteroatoms. The van der Waals surface area contributed by atoms with Gasteiger partial charge in [-0.15, -0.1) is 0 Å². The van der Waals surface area contributed by atoms with Crippen molar-refractivity contribution < 1.29 is 13.2 Å². The van der Waals surface area contributed by atoms with Crippen molar-refractivity contribution in [3.63, 3.8) is 0 Å². The van der Waals surface area contributed by atoms with E-state index in [9.17, 15) is 13.2 Å². The van der Waals surface area contributed by atoms with Crippen LogP contribution in [0.5, 0.6) is 0 Å². The number of anilines is 2. The molecule has 3 aromatic heterocycles. The summed E-state index contributed by atoms with van der Waals surface area (Å²) < 4.78 is 39.8. The molecule has 0 amide bonds. The van der Waals surface area contributed by atoms with E-state index in [2.05, 4.69) is 20.3 Å². The largest absolute Gasteiger partial charge is 0.416 e. The van der Waals surface area contributed by atoms with Crippen molar-refractivity contribution in [2.24, 2.45) is 0 Å². The van der Waals surface area contributed by atoms with Crippen LogP contribution in [0, 0.1) is 0 Å². The summed E-state index contributed by atoms with van der Waals surface area (Å²) in [4.78, 5) is 13.0. The van der Waals surface area contributed by atoms with Gasteiger partial charge in [0.2, 0.25) is 0 Å². The van der Waals surface area contributed by atoms with Gasteiger partial charge in [-0.3, -0.25) is 4.40 Å². The molecule has 0 aliphatic rings. The number of fused-ring (bicyclic) bond motifs is 1. The van der Waals surface area contributed by atoms with E-state index in [-0.39, 0.29) is 0 Å². The Kier molecular flexibility index (Phi) is 3.80. The number of pyridine rings is 1. The highest BCUT2D eigenvalue weighted by Crippen LogP contribution is 2.30. The molecule has 0 aliphatic carbocycles. The molecule has 5 nitrogen and oxygen atoms in total. The topological polar surface area (TPSA) is 55.1 Å². The second-order valence-corrected chi connectivity index (χ2v) is 5.54.